The normalized spacial score (nSPS) is 28.9. The van der Waals surface area contributed by atoms with E-state index < -0.39 is 5.79 Å². The average Bonchev–Trinajstić information content (AvgIpc) is 3.26. The molecule has 2 fully saturated rings. The van der Waals surface area contributed by atoms with Crippen molar-refractivity contribution in [3.63, 3.8) is 0 Å². The number of anilines is 1. The van der Waals surface area contributed by atoms with Gasteiger partial charge in [-0.15, -0.1) is 0 Å². The van der Waals surface area contributed by atoms with Crippen LogP contribution in [0.25, 0.3) is 0 Å². The van der Waals surface area contributed by atoms with Crippen molar-refractivity contribution in [3.05, 3.63) is 29.8 Å². The van der Waals surface area contributed by atoms with Crippen LogP contribution >= 0.6 is 0 Å². The molecule has 0 aliphatic carbocycles. The van der Waals surface area contributed by atoms with Crippen molar-refractivity contribution in [2.75, 3.05) is 31.1 Å². The summed E-state index contributed by atoms with van der Waals surface area (Å²) < 4.78 is 0. The largest absolute Gasteiger partial charge is 0.371 e. The monoisotopic (exact) mass is 329 g/mol. The summed E-state index contributed by atoms with van der Waals surface area (Å²) in [6.07, 6.45) is 5.26. The van der Waals surface area contributed by atoms with Crippen molar-refractivity contribution in [2.45, 2.75) is 37.5 Å². The number of likely N-dealkylation sites (tertiary alicyclic amines) is 1. The summed E-state index contributed by atoms with van der Waals surface area (Å²) in [6, 6.07) is 9.09. The Morgan fingerprint density at radius 3 is 2.29 bits per heavy atom. The highest BCUT2D eigenvalue weighted by atomic mass is 15.6. The van der Waals surface area contributed by atoms with E-state index in [0.717, 1.165) is 24.7 Å². The van der Waals surface area contributed by atoms with E-state index in [1.54, 1.807) is 0 Å². The zero-order chi connectivity index (χ0) is 16.6. The van der Waals surface area contributed by atoms with E-state index in [4.69, 9.17) is 11.5 Å². The topological polar surface area (TPSA) is 94.9 Å². The van der Waals surface area contributed by atoms with Crippen LogP contribution in [0.1, 0.15) is 31.2 Å². The average molecular weight is 329 g/mol. The fourth-order valence-corrected chi connectivity index (χ4v) is 4.06. The van der Waals surface area contributed by atoms with Gasteiger partial charge in [-0.1, -0.05) is 12.1 Å². The van der Waals surface area contributed by atoms with Crippen molar-refractivity contribution >= 4 is 11.6 Å². The first-order valence-electron chi connectivity index (χ1n) is 8.91. The van der Waals surface area contributed by atoms with Crippen LogP contribution in [-0.2, 0) is 5.79 Å². The van der Waals surface area contributed by atoms with Gasteiger partial charge >= 0.3 is 0 Å². The summed E-state index contributed by atoms with van der Waals surface area (Å²) in [5.74, 6) is -0.670. The highest BCUT2D eigenvalue weighted by Crippen LogP contribution is 2.27. The Balaban J connectivity index is 1.39. The number of nitrogens with zero attached hydrogens (tertiary/aromatic N) is 3. The van der Waals surface area contributed by atoms with Gasteiger partial charge in [0, 0.05) is 30.4 Å². The lowest BCUT2D eigenvalue weighted by molar-refractivity contribution is 0.208. The molecule has 0 aromatic heterocycles. The summed E-state index contributed by atoms with van der Waals surface area (Å²) in [5.41, 5.74) is 19.7. The van der Waals surface area contributed by atoms with Gasteiger partial charge in [0.15, 0.2) is 0 Å². The number of aliphatic imine (C=N–C) groups is 1. The second kappa shape index (κ2) is 6.23. The summed E-state index contributed by atoms with van der Waals surface area (Å²) in [7, 11) is 0. The fraction of sp³-hybridized carbons (Fsp3) is 0.588. The van der Waals surface area contributed by atoms with Crippen LogP contribution in [0.5, 0.6) is 0 Å². The molecule has 2 saturated heterocycles. The van der Waals surface area contributed by atoms with Crippen LogP contribution in [0.3, 0.4) is 0 Å². The molecule has 130 valence electrons. The van der Waals surface area contributed by atoms with Crippen LogP contribution in [0.15, 0.2) is 29.3 Å². The molecule has 1 aromatic rings. The molecule has 1 aromatic carbocycles. The number of guanidine groups is 1. The van der Waals surface area contributed by atoms with Gasteiger partial charge in [0.25, 0.3) is 0 Å². The van der Waals surface area contributed by atoms with Gasteiger partial charge in [-0.2, -0.15) is 5.43 Å². The van der Waals surface area contributed by atoms with Crippen molar-refractivity contribution in [2.24, 2.45) is 16.5 Å². The van der Waals surface area contributed by atoms with Crippen molar-refractivity contribution in [1.82, 2.24) is 15.8 Å². The number of hydrazine groups is 1. The van der Waals surface area contributed by atoms with Crippen LogP contribution in [0, 0.1) is 0 Å². The number of benzene rings is 1. The fourth-order valence-electron chi connectivity index (χ4n) is 4.06. The predicted molar refractivity (Wildman–Crippen MR) is 96.2 cm³/mol. The number of nitrogens with two attached hydrogens (primary N) is 2. The number of rotatable bonds is 3. The quantitative estimate of drug-likeness (QED) is 0.635. The van der Waals surface area contributed by atoms with Crippen LogP contribution in [0.4, 0.5) is 5.69 Å². The number of nitrogens with one attached hydrogen (secondary N) is 2. The van der Waals surface area contributed by atoms with Crippen LogP contribution < -0.4 is 27.2 Å². The Morgan fingerprint density at radius 2 is 1.71 bits per heavy atom. The Hall–Kier alpha value is -1.83. The summed E-state index contributed by atoms with van der Waals surface area (Å²) in [4.78, 5) is 9.37. The minimum absolute atomic E-state index is 0.311. The summed E-state index contributed by atoms with van der Waals surface area (Å²) in [5, 5.41) is 0. The highest BCUT2D eigenvalue weighted by Gasteiger charge is 2.32. The second-order valence-corrected chi connectivity index (χ2v) is 7.02. The summed E-state index contributed by atoms with van der Waals surface area (Å²) in [6.45, 7) is 4.84. The van der Waals surface area contributed by atoms with Gasteiger partial charge < -0.3 is 15.5 Å². The number of hydrogen-bond acceptors (Lipinski definition) is 7. The second-order valence-electron chi connectivity index (χ2n) is 7.02. The highest BCUT2D eigenvalue weighted by molar-refractivity contribution is 5.79. The standard InChI is InChI=1S/C17H27N7/c18-16-20-17(19,22-21-16)13-3-5-14(6-4-13)24-11-7-15(8-12-24)23-9-1-2-10-23/h3-6,15,22H,1-2,7-12,19H2,(H3,18,20,21). The molecule has 3 aliphatic heterocycles. The van der Waals surface area contributed by atoms with Crippen molar-refractivity contribution in [3.8, 4) is 0 Å². The molecule has 7 nitrogen and oxygen atoms in total. The van der Waals surface area contributed by atoms with Crippen LogP contribution in [-0.4, -0.2) is 43.1 Å². The van der Waals surface area contributed by atoms with Gasteiger partial charge in [-0.05, 0) is 50.9 Å². The molecular weight excluding hydrogens is 302 g/mol. The lowest BCUT2D eigenvalue weighted by Gasteiger charge is -2.38. The number of piperidine rings is 1. The van der Waals surface area contributed by atoms with E-state index in [1.165, 1.54) is 44.5 Å². The third-order valence-electron chi connectivity index (χ3n) is 5.47. The van der Waals surface area contributed by atoms with E-state index >= 15 is 0 Å². The smallest absolute Gasteiger partial charge is 0.209 e. The lowest BCUT2D eigenvalue weighted by Crippen LogP contribution is -2.50. The molecule has 0 spiro atoms. The van der Waals surface area contributed by atoms with Gasteiger partial charge in [0.05, 0.1) is 0 Å². The number of hydrogen-bond donors (Lipinski definition) is 4. The van der Waals surface area contributed by atoms with E-state index in [2.05, 4.69) is 37.8 Å². The molecule has 0 amide bonds. The first-order chi connectivity index (χ1) is 11.6. The molecule has 1 atom stereocenters. The Kier molecular flexibility index (Phi) is 4.07. The lowest BCUT2D eigenvalue weighted by atomic mass is 10.0. The van der Waals surface area contributed by atoms with Crippen molar-refractivity contribution < 1.29 is 0 Å². The predicted octanol–water partition coefficient (Wildman–Crippen LogP) is 0.243. The first-order valence-corrected chi connectivity index (χ1v) is 8.91. The Labute approximate surface area is 143 Å². The van der Waals surface area contributed by atoms with E-state index in [0.29, 0.717) is 5.96 Å². The molecule has 24 heavy (non-hydrogen) atoms. The van der Waals surface area contributed by atoms with E-state index in [-0.39, 0.29) is 0 Å². The van der Waals surface area contributed by atoms with Gasteiger partial charge in [0.1, 0.15) is 0 Å². The molecule has 3 aliphatic rings. The van der Waals surface area contributed by atoms with E-state index in [9.17, 15) is 0 Å². The first kappa shape index (κ1) is 15.7. The van der Waals surface area contributed by atoms with Crippen LogP contribution in [0.2, 0.25) is 0 Å². The maximum atomic E-state index is 6.23. The van der Waals surface area contributed by atoms with Gasteiger partial charge in [-0.25, -0.2) is 4.99 Å². The maximum absolute atomic E-state index is 6.23. The molecule has 3 heterocycles. The summed E-state index contributed by atoms with van der Waals surface area (Å²) >= 11 is 0. The minimum Gasteiger partial charge on any atom is -0.371 e. The maximum Gasteiger partial charge on any atom is 0.209 e. The zero-order valence-electron chi connectivity index (χ0n) is 14.0. The molecule has 0 saturated carbocycles. The molecule has 0 radical (unpaired) electrons. The zero-order valence-corrected chi connectivity index (χ0v) is 14.0. The SMILES string of the molecule is NC1=NC(N)(c2ccc(N3CCC(N4CCCC4)CC3)cc2)NN1. The molecule has 7 heteroatoms. The molecule has 4 rings (SSSR count). The van der Waals surface area contributed by atoms with Crippen molar-refractivity contribution in [1.29, 1.82) is 0 Å². The van der Waals surface area contributed by atoms with E-state index in [1.807, 2.05) is 12.1 Å². The Bertz CT molecular complexity index is 600. The third kappa shape index (κ3) is 2.94. The molecule has 6 N–H and O–H groups in total. The minimum atomic E-state index is -0.981. The Morgan fingerprint density at radius 1 is 1.04 bits per heavy atom. The molecular formula is C17H27N7. The molecule has 0 bridgehead atoms. The third-order valence-corrected chi connectivity index (χ3v) is 5.47. The van der Waals surface area contributed by atoms with Gasteiger partial charge in [-0.3, -0.25) is 11.2 Å². The van der Waals surface area contributed by atoms with Gasteiger partial charge in [0.2, 0.25) is 11.7 Å². The molecule has 1 unspecified atom stereocenters.